The number of allylic oxidation sites excluding steroid dienone is 2. The molecule has 1 heterocycles. The molecule has 106 valence electrons. The summed E-state index contributed by atoms with van der Waals surface area (Å²) in [6.07, 6.45) is 4.54. The van der Waals surface area contributed by atoms with Crippen LogP contribution in [-0.2, 0) is 0 Å². The van der Waals surface area contributed by atoms with Gasteiger partial charge in [0.2, 0.25) is 0 Å². The van der Waals surface area contributed by atoms with Crippen LogP contribution in [0.3, 0.4) is 0 Å². The van der Waals surface area contributed by atoms with Gasteiger partial charge in [-0.25, -0.2) is 4.99 Å². The van der Waals surface area contributed by atoms with Crippen molar-refractivity contribution < 1.29 is 0 Å². The second kappa shape index (κ2) is 8.12. The molecule has 0 aromatic heterocycles. The Morgan fingerprint density at radius 3 is 2.63 bits per heavy atom. The molecule has 1 aliphatic rings. The molecule has 0 radical (unpaired) electrons. The zero-order valence-electron chi connectivity index (χ0n) is 11.5. The zero-order valence-corrected chi connectivity index (χ0v) is 13.1. The monoisotopic (exact) mass is 327 g/mol. The molecule has 0 aromatic rings. The van der Waals surface area contributed by atoms with Crippen molar-refractivity contribution in [1.82, 2.24) is 10.2 Å². The van der Waals surface area contributed by atoms with Crippen LogP contribution < -0.4 is 11.1 Å². The number of aliphatic imine (C=N–C) groups is 1. The number of halogens is 1. The van der Waals surface area contributed by atoms with E-state index in [1.165, 1.54) is 0 Å². The number of piperazine rings is 1. The SMILES string of the molecule is CC/C=C/N=C(N)/C(C(=N)Br)=C(\C)N1CCNCC1. The van der Waals surface area contributed by atoms with E-state index in [0.717, 1.165) is 38.3 Å². The quantitative estimate of drug-likeness (QED) is 0.532. The van der Waals surface area contributed by atoms with Gasteiger partial charge in [0.25, 0.3) is 0 Å². The third-order valence-corrected chi connectivity index (χ3v) is 3.38. The first-order valence-corrected chi connectivity index (χ1v) is 7.26. The van der Waals surface area contributed by atoms with E-state index in [-0.39, 0.29) is 4.62 Å². The number of nitrogens with one attached hydrogen (secondary N) is 2. The lowest BCUT2D eigenvalue weighted by atomic mass is 10.1. The van der Waals surface area contributed by atoms with Crippen LogP contribution in [0.15, 0.2) is 28.5 Å². The summed E-state index contributed by atoms with van der Waals surface area (Å²) in [5, 5.41) is 11.1. The second-order valence-electron chi connectivity index (χ2n) is 4.32. The molecule has 1 fully saturated rings. The molecule has 0 aliphatic carbocycles. The number of amidine groups is 1. The number of nitrogens with zero attached hydrogens (tertiary/aromatic N) is 2. The average molecular weight is 328 g/mol. The first kappa shape index (κ1) is 15.9. The van der Waals surface area contributed by atoms with E-state index in [1.807, 2.05) is 19.9 Å². The van der Waals surface area contributed by atoms with Crippen LogP contribution in [0.1, 0.15) is 20.3 Å². The van der Waals surface area contributed by atoms with Crippen molar-refractivity contribution in [2.75, 3.05) is 26.2 Å². The smallest absolute Gasteiger partial charge is 0.135 e. The lowest BCUT2D eigenvalue weighted by Gasteiger charge is -2.31. The molecule has 4 N–H and O–H groups in total. The molecule has 1 saturated heterocycles. The number of hydrogen-bond acceptors (Lipinski definition) is 4. The molecule has 19 heavy (non-hydrogen) atoms. The maximum Gasteiger partial charge on any atom is 0.135 e. The molecule has 0 spiro atoms. The Hall–Kier alpha value is -1.14. The maximum atomic E-state index is 7.84. The molecule has 0 amide bonds. The summed E-state index contributed by atoms with van der Waals surface area (Å²) in [4.78, 5) is 6.42. The Balaban J connectivity index is 3.00. The van der Waals surface area contributed by atoms with E-state index in [4.69, 9.17) is 11.1 Å². The zero-order chi connectivity index (χ0) is 14.3. The van der Waals surface area contributed by atoms with Gasteiger partial charge >= 0.3 is 0 Å². The molecule has 5 nitrogen and oxygen atoms in total. The van der Waals surface area contributed by atoms with Crippen LogP contribution in [0.25, 0.3) is 0 Å². The van der Waals surface area contributed by atoms with E-state index < -0.39 is 0 Å². The Morgan fingerprint density at radius 2 is 2.11 bits per heavy atom. The third kappa shape index (κ3) is 4.80. The van der Waals surface area contributed by atoms with Crippen LogP contribution >= 0.6 is 15.9 Å². The highest BCUT2D eigenvalue weighted by molar-refractivity contribution is 9.18. The minimum absolute atomic E-state index is 0.273. The second-order valence-corrected chi connectivity index (χ2v) is 5.11. The summed E-state index contributed by atoms with van der Waals surface area (Å²) in [5.74, 6) is 0.377. The van der Waals surface area contributed by atoms with Crippen LogP contribution in [0.5, 0.6) is 0 Å². The van der Waals surface area contributed by atoms with Gasteiger partial charge in [0.1, 0.15) is 10.5 Å². The summed E-state index contributed by atoms with van der Waals surface area (Å²) in [6.45, 7) is 7.78. The van der Waals surface area contributed by atoms with E-state index in [2.05, 4.69) is 31.1 Å². The minimum atomic E-state index is 0.273. The van der Waals surface area contributed by atoms with Crippen molar-refractivity contribution in [2.45, 2.75) is 20.3 Å². The van der Waals surface area contributed by atoms with E-state index in [0.29, 0.717) is 11.4 Å². The van der Waals surface area contributed by atoms with Gasteiger partial charge in [-0.3, -0.25) is 5.41 Å². The van der Waals surface area contributed by atoms with Gasteiger partial charge in [-0.1, -0.05) is 13.0 Å². The first-order chi connectivity index (χ1) is 9.07. The lowest BCUT2D eigenvalue weighted by molar-refractivity contribution is 0.299. The summed E-state index contributed by atoms with van der Waals surface area (Å²) in [7, 11) is 0. The average Bonchev–Trinajstić information content (AvgIpc) is 2.39. The van der Waals surface area contributed by atoms with Crippen LogP contribution in [-0.4, -0.2) is 41.5 Å². The number of nitrogens with two attached hydrogens (primary N) is 1. The fraction of sp³-hybridized carbons (Fsp3) is 0.538. The minimum Gasteiger partial charge on any atom is -0.383 e. The molecular weight excluding hydrogens is 306 g/mol. The first-order valence-electron chi connectivity index (χ1n) is 6.47. The third-order valence-electron chi connectivity index (χ3n) is 2.98. The van der Waals surface area contributed by atoms with Gasteiger partial charge in [0, 0.05) is 38.1 Å². The van der Waals surface area contributed by atoms with E-state index in [9.17, 15) is 0 Å². The van der Waals surface area contributed by atoms with Gasteiger partial charge in [0.15, 0.2) is 0 Å². The largest absolute Gasteiger partial charge is 0.383 e. The highest BCUT2D eigenvalue weighted by Crippen LogP contribution is 2.15. The van der Waals surface area contributed by atoms with Gasteiger partial charge in [-0.05, 0) is 29.3 Å². The number of rotatable bonds is 5. The lowest BCUT2D eigenvalue weighted by Crippen LogP contribution is -2.43. The maximum absolute atomic E-state index is 7.84. The van der Waals surface area contributed by atoms with Gasteiger partial charge in [0.05, 0.1) is 5.57 Å². The van der Waals surface area contributed by atoms with Crippen molar-refractivity contribution >= 4 is 26.4 Å². The highest BCUT2D eigenvalue weighted by atomic mass is 79.9. The van der Waals surface area contributed by atoms with Crippen molar-refractivity contribution in [3.63, 3.8) is 0 Å². The fourth-order valence-electron chi connectivity index (χ4n) is 1.92. The van der Waals surface area contributed by atoms with Gasteiger partial charge < -0.3 is 16.0 Å². The molecule has 1 aliphatic heterocycles. The van der Waals surface area contributed by atoms with Gasteiger partial charge in [-0.2, -0.15) is 0 Å². The normalized spacial score (nSPS) is 18.7. The summed E-state index contributed by atoms with van der Waals surface area (Å²) in [6, 6.07) is 0. The predicted octanol–water partition coefficient (Wildman–Crippen LogP) is 1.82. The standard InChI is InChI=1S/C13H22BrN5/c1-3-4-5-18-13(16)11(12(14)15)10(2)19-8-6-17-7-9-19/h4-5,15,17H,3,6-9H2,1-2H3,(H2,16,18)/b5-4+,11-10+,15-12?. The van der Waals surface area contributed by atoms with Gasteiger partial charge in [-0.15, -0.1) is 0 Å². The van der Waals surface area contributed by atoms with E-state index >= 15 is 0 Å². The summed E-state index contributed by atoms with van der Waals surface area (Å²) < 4.78 is 0.273. The molecule has 0 saturated carbocycles. The molecule has 0 aromatic carbocycles. The molecule has 0 unspecified atom stereocenters. The van der Waals surface area contributed by atoms with Crippen molar-refractivity contribution in [2.24, 2.45) is 10.7 Å². The van der Waals surface area contributed by atoms with Crippen molar-refractivity contribution in [3.8, 4) is 0 Å². The molecule has 1 rings (SSSR count). The Morgan fingerprint density at radius 1 is 1.47 bits per heavy atom. The van der Waals surface area contributed by atoms with Crippen LogP contribution in [0.4, 0.5) is 0 Å². The van der Waals surface area contributed by atoms with Crippen LogP contribution in [0, 0.1) is 5.41 Å². The summed E-state index contributed by atoms with van der Waals surface area (Å²) >= 11 is 3.22. The Kier molecular flexibility index (Phi) is 6.80. The van der Waals surface area contributed by atoms with Crippen molar-refractivity contribution in [3.05, 3.63) is 23.5 Å². The number of hydrogen-bond donors (Lipinski definition) is 3. The predicted molar refractivity (Wildman–Crippen MR) is 84.8 cm³/mol. The molecular formula is C13H22BrN5. The molecule has 0 atom stereocenters. The fourth-order valence-corrected chi connectivity index (χ4v) is 2.41. The highest BCUT2D eigenvalue weighted by Gasteiger charge is 2.17. The van der Waals surface area contributed by atoms with Crippen molar-refractivity contribution in [1.29, 1.82) is 5.41 Å². The molecule has 0 bridgehead atoms. The summed E-state index contributed by atoms with van der Waals surface area (Å²) in [5.41, 5.74) is 7.66. The molecule has 6 heteroatoms. The Labute approximate surface area is 123 Å². The topological polar surface area (TPSA) is 77.5 Å². The van der Waals surface area contributed by atoms with E-state index in [1.54, 1.807) is 6.20 Å². The Bertz CT molecular complexity index is 405. The van der Waals surface area contributed by atoms with Crippen LogP contribution in [0.2, 0.25) is 0 Å².